The number of nitrogens with one attached hydrogen (secondary N) is 1. The molecule has 0 bridgehead atoms. The van der Waals surface area contributed by atoms with Crippen LogP contribution in [0.4, 0.5) is 5.69 Å². The molecule has 6 nitrogen and oxygen atoms in total. The maximum absolute atomic E-state index is 12.6. The maximum atomic E-state index is 12.6. The van der Waals surface area contributed by atoms with Crippen molar-refractivity contribution in [1.29, 1.82) is 0 Å². The fraction of sp³-hybridized carbons (Fsp3) is 0.273. The first-order valence-corrected chi connectivity index (χ1v) is 10.5. The largest absolute Gasteiger partial charge is 0.337 e. The third-order valence-corrected chi connectivity index (χ3v) is 5.74. The predicted molar refractivity (Wildman–Crippen MR) is 114 cm³/mol. The Labute approximate surface area is 173 Å². The van der Waals surface area contributed by atoms with Gasteiger partial charge in [0.2, 0.25) is 5.91 Å². The second-order valence-corrected chi connectivity index (χ2v) is 7.90. The number of likely N-dealkylation sites (tertiary alicyclic amines) is 1. The molecule has 1 aliphatic heterocycles. The molecule has 2 heterocycles. The molecule has 1 N–H and O–H groups in total. The van der Waals surface area contributed by atoms with Crippen molar-refractivity contribution in [1.82, 2.24) is 14.5 Å². The third-order valence-electron chi connectivity index (χ3n) is 5.24. The summed E-state index contributed by atoms with van der Waals surface area (Å²) in [6.07, 6.45) is 1.30. The lowest BCUT2D eigenvalue weighted by molar-refractivity contribution is -0.121. The molecule has 1 aromatic heterocycles. The van der Waals surface area contributed by atoms with Gasteiger partial charge >= 0.3 is 0 Å². The highest BCUT2D eigenvalue weighted by Gasteiger charge is 2.28. The van der Waals surface area contributed by atoms with Gasteiger partial charge in [-0.1, -0.05) is 46.4 Å². The Balaban J connectivity index is 1.32. The lowest BCUT2D eigenvalue weighted by Crippen LogP contribution is -2.41. The number of carbonyl (C=O) groups excluding carboxylic acids is 2. The van der Waals surface area contributed by atoms with Gasteiger partial charge in [-0.25, -0.2) is 0 Å². The number of nitrogens with zero attached hydrogens (tertiary/aromatic N) is 3. The van der Waals surface area contributed by atoms with Crippen LogP contribution >= 0.6 is 11.5 Å². The minimum atomic E-state index is -0.107. The monoisotopic (exact) mass is 406 g/mol. The van der Waals surface area contributed by atoms with Gasteiger partial charge in [0.25, 0.3) is 5.91 Å². The molecule has 4 rings (SSSR count). The van der Waals surface area contributed by atoms with Crippen LogP contribution in [-0.4, -0.2) is 39.4 Å². The van der Waals surface area contributed by atoms with E-state index in [0.29, 0.717) is 31.6 Å². The minimum Gasteiger partial charge on any atom is -0.337 e. The van der Waals surface area contributed by atoms with E-state index in [-0.39, 0.29) is 17.7 Å². The molecule has 7 heteroatoms. The number of rotatable bonds is 4. The molecular weight excluding hydrogens is 384 g/mol. The predicted octanol–water partition coefficient (Wildman–Crippen LogP) is 4.00. The van der Waals surface area contributed by atoms with Gasteiger partial charge in [-0.2, -0.15) is 0 Å². The number of benzene rings is 2. The Morgan fingerprint density at radius 3 is 2.48 bits per heavy atom. The highest BCUT2D eigenvalue weighted by atomic mass is 32.1. The molecular formula is C22H22N4O2S. The average Bonchev–Trinajstić information content (AvgIpc) is 3.29. The first-order valence-electron chi connectivity index (χ1n) is 9.64. The van der Waals surface area contributed by atoms with Crippen molar-refractivity contribution in [3.05, 3.63) is 65.2 Å². The van der Waals surface area contributed by atoms with E-state index in [1.165, 1.54) is 17.1 Å². The van der Waals surface area contributed by atoms with E-state index in [2.05, 4.69) is 40.0 Å². The van der Waals surface area contributed by atoms with Gasteiger partial charge < -0.3 is 10.2 Å². The van der Waals surface area contributed by atoms with Crippen LogP contribution < -0.4 is 5.32 Å². The summed E-state index contributed by atoms with van der Waals surface area (Å²) in [7, 11) is 0. The summed E-state index contributed by atoms with van der Waals surface area (Å²) in [5, 5.41) is 8.50. The summed E-state index contributed by atoms with van der Waals surface area (Å²) in [6.45, 7) is 3.19. The Morgan fingerprint density at radius 2 is 1.83 bits per heavy atom. The average molecular weight is 407 g/mol. The lowest BCUT2D eigenvalue weighted by atomic mass is 9.95. The van der Waals surface area contributed by atoms with Crippen LogP contribution in [0.15, 0.2) is 53.9 Å². The van der Waals surface area contributed by atoms with E-state index in [0.717, 1.165) is 16.8 Å². The zero-order valence-electron chi connectivity index (χ0n) is 16.2. The quantitative estimate of drug-likeness (QED) is 0.710. The van der Waals surface area contributed by atoms with Gasteiger partial charge in [0, 0.05) is 30.1 Å². The molecule has 1 aliphatic rings. The molecule has 0 atom stereocenters. The van der Waals surface area contributed by atoms with Crippen molar-refractivity contribution >= 4 is 29.0 Å². The Morgan fingerprint density at radius 1 is 1.07 bits per heavy atom. The number of amides is 2. The number of carbonyl (C=O) groups is 2. The van der Waals surface area contributed by atoms with Gasteiger partial charge in [0.1, 0.15) is 0 Å². The molecule has 0 saturated carbocycles. The highest BCUT2D eigenvalue weighted by Crippen LogP contribution is 2.24. The lowest BCUT2D eigenvalue weighted by Gasteiger charge is -2.30. The Hall–Kier alpha value is -3.06. The van der Waals surface area contributed by atoms with Crippen LogP contribution in [0.1, 0.15) is 28.9 Å². The standard InChI is InChI=1S/C22H22N4O2S/c1-15-3-2-4-18(13-15)16-5-7-19(8-6-16)23-21(27)17-9-11-26(12-10-17)22(28)20-14-29-25-24-20/h2-8,13-14,17H,9-12H2,1H3,(H,23,27). The number of aryl methyl sites for hydroxylation is 1. The van der Waals surface area contributed by atoms with Crippen molar-refractivity contribution in [2.75, 3.05) is 18.4 Å². The van der Waals surface area contributed by atoms with Crippen molar-refractivity contribution < 1.29 is 9.59 Å². The number of hydrogen-bond acceptors (Lipinski definition) is 5. The first kappa shape index (κ1) is 19.3. The molecule has 0 spiro atoms. The second kappa shape index (κ2) is 8.53. The number of aromatic nitrogens is 2. The molecule has 0 aliphatic carbocycles. The molecule has 0 unspecified atom stereocenters. The van der Waals surface area contributed by atoms with Crippen LogP contribution in [0.2, 0.25) is 0 Å². The van der Waals surface area contributed by atoms with Crippen LogP contribution in [0.25, 0.3) is 11.1 Å². The Bertz CT molecular complexity index is 994. The van der Waals surface area contributed by atoms with Crippen molar-refractivity contribution in [3.63, 3.8) is 0 Å². The normalized spacial score (nSPS) is 14.6. The molecule has 2 aromatic carbocycles. The fourth-order valence-electron chi connectivity index (χ4n) is 3.58. The van der Waals surface area contributed by atoms with E-state index >= 15 is 0 Å². The van der Waals surface area contributed by atoms with Crippen molar-refractivity contribution in [3.8, 4) is 11.1 Å². The maximum Gasteiger partial charge on any atom is 0.275 e. The molecule has 29 heavy (non-hydrogen) atoms. The van der Waals surface area contributed by atoms with Crippen molar-refractivity contribution in [2.45, 2.75) is 19.8 Å². The van der Waals surface area contributed by atoms with E-state index in [1.807, 2.05) is 30.3 Å². The number of anilines is 1. The van der Waals surface area contributed by atoms with E-state index < -0.39 is 0 Å². The number of hydrogen-bond donors (Lipinski definition) is 1. The molecule has 0 radical (unpaired) electrons. The summed E-state index contributed by atoms with van der Waals surface area (Å²) in [5.74, 6) is -0.191. The summed E-state index contributed by atoms with van der Waals surface area (Å²) in [5.41, 5.74) is 4.67. The van der Waals surface area contributed by atoms with Gasteiger partial charge in [0.15, 0.2) is 5.69 Å². The number of piperidine rings is 1. The topological polar surface area (TPSA) is 75.2 Å². The van der Waals surface area contributed by atoms with Crippen LogP contribution in [-0.2, 0) is 4.79 Å². The zero-order chi connectivity index (χ0) is 20.2. The second-order valence-electron chi connectivity index (χ2n) is 7.29. The van der Waals surface area contributed by atoms with Crippen molar-refractivity contribution in [2.24, 2.45) is 5.92 Å². The zero-order valence-corrected chi connectivity index (χ0v) is 17.0. The molecule has 2 amide bonds. The smallest absolute Gasteiger partial charge is 0.275 e. The molecule has 148 valence electrons. The van der Waals surface area contributed by atoms with Gasteiger partial charge in [-0.3, -0.25) is 9.59 Å². The summed E-state index contributed by atoms with van der Waals surface area (Å²) in [4.78, 5) is 26.7. The highest BCUT2D eigenvalue weighted by molar-refractivity contribution is 7.03. The van der Waals surface area contributed by atoms with E-state index in [1.54, 1.807) is 10.3 Å². The SMILES string of the molecule is Cc1cccc(-c2ccc(NC(=O)C3CCN(C(=O)c4csnn4)CC3)cc2)c1. The fourth-order valence-corrected chi connectivity index (χ4v) is 4.01. The van der Waals surface area contributed by atoms with E-state index in [4.69, 9.17) is 0 Å². The molecule has 1 saturated heterocycles. The van der Waals surface area contributed by atoms with E-state index in [9.17, 15) is 9.59 Å². The molecule has 3 aromatic rings. The summed E-state index contributed by atoms with van der Waals surface area (Å²) in [6, 6.07) is 16.3. The summed E-state index contributed by atoms with van der Waals surface area (Å²) >= 11 is 1.17. The van der Waals surface area contributed by atoms with Crippen LogP contribution in [0, 0.1) is 12.8 Å². The van der Waals surface area contributed by atoms with Gasteiger partial charge in [0.05, 0.1) is 0 Å². The van der Waals surface area contributed by atoms with Crippen LogP contribution in [0.3, 0.4) is 0 Å². The van der Waals surface area contributed by atoms with Crippen LogP contribution in [0.5, 0.6) is 0 Å². The Kier molecular flexibility index (Phi) is 5.67. The minimum absolute atomic E-state index is 0.00993. The molecule has 1 fully saturated rings. The summed E-state index contributed by atoms with van der Waals surface area (Å²) < 4.78 is 3.74. The van der Waals surface area contributed by atoms with Gasteiger partial charge in [-0.05, 0) is 54.6 Å². The third kappa shape index (κ3) is 4.51. The van der Waals surface area contributed by atoms with Gasteiger partial charge in [-0.15, -0.1) is 5.10 Å². The first-order chi connectivity index (χ1) is 14.1.